The zero-order chi connectivity index (χ0) is 49.1. The van der Waals surface area contributed by atoms with Crippen LogP contribution in [0.25, 0.3) is 0 Å². The summed E-state index contributed by atoms with van der Waals surface area (Å²) in [5, 5.41) is 119. The number of aliphatic hydroxyl groups is 11. The molecule has 1 amide bonds. The average Bonchev–Trinajstić information content (AvgIpc) is 3.32. The summed E-state index contributed by atoms with van der Waals surface area (Å²) in [4.78, 5) is 13.1. The monoisotopic (exact) mass is 960 g/mol. The quantitative estimate of drug-likeness (QED) is 0.0334. The maximum atomic E-state index is 13.1. The molecule has 3 aliphatic heterocycles. The number of hydrogen-bond acceptors (Lipinski definition) is 18. The minimum Gasteiger partial charge on any atom is -0.394 e. The molecular formula is C48H81NO18. The van der Waals surface area contributed by atoms with E-state index in [0.29, 0.717) is 12.8 Å². The summed E-state index contributed by atoms with van der Waals surface area (Å²) in [6, 6.07) is -0.983. The van der Waals surface area contributed by atoms with Gasteiger partial charge in [-0.05, 0) is 57.8 Å². The zero-order valence-electron chi connectivity index (χ0n) is 39.1. The highest BCUT2D eigenvalue weighted by atomic mass is 16.8. The highest BCUT2D eigenvalue weighted by molar-refractivity contribution is 5.76. The fourth-order valence-electron chi connectivity index (χ4n) is 7.76. The van der Waals surface area contributed by atoms with E-state index in [0.717, 1.165) is 70.6 Å². The zero-order valence-corrected chi connectivity index (χ0v) is 39.1. The van der Waals surface area contributed by atoms with Crippen LogP contribution in [0.15, 0.2) is 60.8 Å². The molecule has 67 heavy (non-hydrogen) atoms. The molecule has 386 valence electrons. The smallest absolute Gasteiger partial charge is 0.220 e. The lowest BCUT2D eigenvalue weighted by atomic mass is 9.96. The molecule has 3 fully saturated rings. The predicted octanol–water partition coefficient (Wildman–Crippen LogP) is 0.579. The fraction of sp³-hybridized carbons (Fsp3) is 0.771. The number of unbranched alkanes of at least 4 members (excludes halogenated alkanes) is 7. The van der Waals surface area contributed by atoms with E-state index in [1.165, 1.54) is 0 Å². The first-order chi connectivity index (χ1) is 32.3. The molecule has 0 aromatic heterocycles. The van der Waals surface area contributed by atoms with Crippen molar-refractivity contribution in [1.82, 2.24) is 5.32 Å². The van der Waals surface area contributed by atoms with Gasteiger partial charge in [0.25, 0.3) is 0 Å². The molecule has 17 unspecified atom stereocenters. The van der Waals surface area contributed by atoms with Gasteiger partial charge in [0.1, 0.15) is 73.2 Å². The Bertz CT molecular complexity index is 1480. The molecular weight excluding hydrogens is 879 g/mol. The van der Waals surface area contributed by atoms with E-state index in [1.807, 2.05) is 6.08 Å². The lowest BCUT2D eigenvalue weighted by molar-refractivity contribution is -0.379. The van der Waals surface area contributed by atoms with E-state index in [-0.39, 0.29) is 18.9 Å². The van der Waals surface area contributed by atoms with Gasteiger partial charge in [-0.15, -0.1) is 0 Å². The Morgan fingerprint density at radius 2 is 1.03 bits per heavy atom. The van der Waals surface area contributed by atoms with E-state index in [9.17, 15) is 61.0 Å². The van der Waals surface area contributed by atoms with Gasteiger partial charge < -0.3 is 89.9 Å². The van der Waals surface area contributed by atoms with Crippen molar-refractivity contribution in [3.8, 4) is 0 Å². The van der Waals surface area contributed by atoms with E-state index in [2.05, 4.69) is 67.8 Å². The largest absolute Gasteiger partial charge is 0.394 e. The van der Waals surface area contributed by atoms with Crippen LogP contribution in [0.4, 0.5) is 0 Å². The molecule has 0 aliphatic carbocycles. The lowest BCUT2D eigenvalue weighted by Crippen LogP contribution is -2.66. The fourth-order valence-corrected chi connectivity index (χ4v) is 7.76. The number of carbonyl (C=O) groups excluding carboxylic acids is 1. The van der Waals surface area contributed by atoms with Crippen molar-refractivity contribution >= 4 is 5.91 Å². The van der Waals surface area contributed by atoms with Crippen molar-refractivity contribution in [2.24, 2.45) is 0 Å². The minimum atomic E-state index is -1.98. The van der Waals surface area contributed by atoms with Crippen LogP contribution in [0.5, 0.6) is 0 Å². The van der Waals surface area contributed by atoms with Crippen LogP contribution in [-0.4, -0.2) is 193 Å². The molecule has 0 saturated carbocycles. The van der Waals surface area contributed by atoms with Gasteiger partial charge in [-0.3, -0.25) is 4.79 Å². The summed E-state index contributed by atoms with van der Waals surface area (Å²) in [6.45, 7) is 1.39. The Labute approximate surface area is 395 Å². The Morgan fingerprint density at radius 3 is 1.60 bits per heavy atom. The van der Waals surface area contributed by atoms with Crippen molar-refractivity contribution in [1.29, 1.82) is 0 Å². The SMILES string of the molecule is CC/C=C\C/C=C\C/C=C\C/C=C\CCCCCCC(=O)NC(COC1OC(CO)C(OC2OC(CO)C(OC3OC(CO)C(O)C(O)C3O)C(O)C2O)C(O)C1O)C(O)/C=C/CCCCC. The van der Waals surface area contributed by atoms with Crippen molar-refractivity contribution < 1.29 is 89.4 Å². The summed E-state index contributed by atoms with van der Waals surface area (Å²) in [5.74, 6) is -0.312. The molecule has 3 rings (SSSR count). The molecule has 19 nitrogen and oxygen atoms in total. The first-order valence-electron chi connectivity index (χ1n) is 24.0. The first kappa shape index (κ1) is 58.8. The third-order valence-electron chi connectivity index (χ3n) is 11.8. The van der Waals surface area contributed by atoms with Gasteiger partial charge in [0.15, 0.2) is 18.9 Å². The molecule has 0 aromatic rings. The van der Waals surface area contributed by atoms with Gasteiger partial charge in [0, 0.05) is 6.42 Å². The molecule has 0 aromatic carbocycles. The Kier molecular flexibility index (Phi) is 29.1. The number of aliphatic hydroxyl groups excluding tert-OH is 11. The Balaban J connectivity index is 1.52. The molecule has 19 heteroatoms. The van der Waals surface area contributed by atoms with E-state index < -0.39 is 124 Å². The molecule has 17 atom stereocenters. The van der Waals surface area contributed by atoms with Gasteiger partial charge in [-0.25, -0.2) is 0 Å². The number of carbonyl (C=O) groups is 1. The molecule has 3 heterocycles. The standard InChI is InChI=1S/C48H81NO18/c1-3-5-7-9-10-11-12-13-14-15-16-17-18-19-20-22-24-26-36(54)49-31(32(53)25-23-21-8-6-4-2)30-62-46-42(60)39(57)44(34(28-51)64-46)67-48-43(61)40(58)45(35(29-52)65-48)66-47-41(59)38(56)37(55)33(27-50)63-47/h5,7,10-11,13-14,16-17,23,25,31-35,37-48,50-53,55-61H,3-4,6,8-9,12,15,18-22,24,26-30H2,1-2H3,(H,49,54)/b7-5-,11-10-,14-13-,17-16-,25-23+. The summed E-state index contributed by atoms with van der Waals surface area (Å²) >= 11 is 0. The molecule has 3 aliphatic rings. The van der Waals surface area contributed by atoms with E-state index >= 15 is 0 Å². The first-order valence-corrected chi connectivity index (χ1v) is 24.0. The van der Waals surface area contributed by atoms with Crippen LogP contribution < -0.4 is 5.32 Å². The number of ether oxygens (including phenoxy) is 6. The second kappa shape index (κ2) is 33.1. The molecule has 3 saturated heterocycles. The van der Waals surface area contributed by atoms with Crippen LogP contribution >= 0.6 is 0 Å². The van der Waals surface area contributed by atoms with Crippen molar-refractivity contribution in [3.05, 3.63) is 60.8 Å². The van der Waals surface area contributed by atoms with Crippen LogP contribution in [-0.2, 0) is 33.2 Å². The van der Waals surface area contributed by atoms with Crippen molar-refractivity contribution in [2.45, 2.75) is 208 Å². The molecule has 0 bridgehead atoms. The third-order valence-corrected chi connectivity index (χ3v) is 11.8. The van der Waals surface area contributed by atoms with Gasteiger partial charge in [-0.2, -0.15) is 0 Å². The number of rotatable bonds is 31. The predicted molar refractivity (Wildman–Crippen MR) is 245 cm³/mol. The summed E-state index contributed by atoms with van der Waals surface area (Å²) < 4.78 is 33.9. The number of nitrogens with one attached hydrogen (secondary N) is 1. The maximum absolute atomic E-state index is 13.1. The lowest BCUT2D eigenvalue weighted by Gasteiger charge is -2.48. The average molecular weight is 960 g/mol. The van der Waals surface area contributed by atoms with E-state index in [4.69, 9.17) is 28.4 Å². The number of hydrogen-bond donors (Lipinski definition) is 12. The van der Waals surface area contributed by atoms with Crippen LogP contribution in [0.2, 0.25) is 0 Å². The molecule has 0 radical (unpaired) electrons. The van der Waals surface area contributed by atoms with E-state index in [1.54, 1.807) is 6.08 Å². The van der Waals surface area contributed by atoms with Gasteiger partial charge in [0.05, 0.1) is 38.6 Å². The topological polar surface area (TPSA) is 307 Å². The third kappa shape index (κ3) is 19.7. The Hall–Kier alpha value is -2.51. The van der Waals surface area contributed by atoms with Gasteiger partial charge >= 0.3 is 0 Å². The number of amides is 1. The van der Waals surface area contributed by atoms with Crippen LogP contribution in [0.1, 0.15) is 104 Å². The summed E-state index contributed by atoms with van der Waals surface area (Å²) in [7, 11) is 0. The highest BCUT2D eigenvalue weighted by Gasteiger charge is 2.53. The molecule has 12 N–H and O–H groups in total. The van der Waals surface area contributed by atoms with Crippen molar-refractivity contribution in [2.75, 3.05) is 26.4 Å². The normalized spacial score (nSPS) is 34.0. The second-order valence-corrected chi connectivity index (χ2v) is 17.2. The highest BCUT2D eigenvalue weighted by Crippen LogP contribution is 2.33. The second-order valence-electron chi connectivity index (χ2n) is 17.2. The minimum absolute atomic E-state index is 0.210. The van der Waals surface area contributed by atoms with Crippen molar-refractivity contribution in [3.63, 3.8) is 0 Å². The summed E-state index contributed by atoms with van der Waals surface area (Å²) in [6.07, 6.45) is 5.85. The van der Waals surface area contributed by atoms with Gasteiger partial charge in [-0.1, -0.05) is 100 Å². The maximum Gasteiger partial charge on any atom is 0.220 e. The summed E-state index contributed by atoms with van der Waals surface area (Å²) in [5.41, 5.74) is 0. The number of allylic oxidation sites excluding steroid dienone is 9. The van der Waals surface area contributed by atoms with Crippen LogP contribution in [0.3, 0.4) is 0 Å². The molecule has 0 spiro atoms. The van der Waals surface area contributed by atoms with Crippen LogP contribution in [0, 0.1) is 0 Å². The van der Waals surface area contributed by atoms with Gasteiger partial charge in [0.2, 0.25) is 5.91 Å². The Morgan fingerprint density at radius 1 is 0.552 bits per heavy atom.